The number of imidazole rings is 1. The van der Waals surface area contributed by atoms with Crippen LogP contribution in [0.1, 0.15) is 17.2 Å². The van der Waals surface area contributed by atoms with Crippen LogP contribution >= 0.6 is 11.6 Å². The average Bonchev–Trinajstić information content (AvgIpc) is 3.42. The van der Waals surface area contributed by atoms with Crippen LogP contribution in [-0.2, 0) is 6.42 Å². The number of rotatable bonds is 7. The lowest BCUT2D eigenvalue weighted by Gasteiger charge is -2.38. The van der Waals surface area contributed by atoms with Crippen molar-refractivity contribution in [2.24, 2.45) is 0 Å². The Morgan fingerprint density at radius 1 is 1.10 bits per heavy atom. The van der Waals surface area contributed by atoms with Gasteiger partial charge in [-0.05, 0) is 30.2 Å². The van der Waals surface area contributed by atoms with Gasteiger partial charge in [-0.2, -0.15) is 15.4 Å². The first-order valence-corrected chi connectivity index (χ1v) is 10.1. The van der Waals surface area contributed by atoms with Gasteiger partial charge in [-0.15, -0.1) is 0 Å². The summed E-state index contributed by atoms with van der Waals surface area (Å²) in [4.78, 5) is 19.0. The van der Waals surface area contributed by atoms with Crippen LogP contribution in [0.2, 0.25) is 5.02 Å². The molecule has 10 heteroatoms. The third-order valence-electron chi connectivity index (χ3n) is 5.14. The number of H-pyrrole nitrogens is 2. The Morgan fingerprint density at radius 2 is 1.97 bits per heavy atom. The minimum absolute atomic E-state index is 0.394. The summed E-state index contributed by atoms with van der Waals surface area (Å²) in [7, 11) is 0. The highest BCUT2D eigenvalue weighted by atomic mass is 35.5. The van der Waals surface area contributed by atoms with Crippen molar-refractivity contribution in [3.05, 3.63) is 65.2 Å². The molecular weight excluding hydrogens is 402 g/mol. The van der Waals surface area contributed by atoms with Crippen LogP contribution in [0, 0.1) is 0 Å². The Morgan fingerprint density at radius 3 is 2.77 bits per heavy atom. The largest absolute Gasteiger partial charge is 0.355 e. The summed E-state index contributed by atoms with van der Waals surface area (Å²) >= 11 is 5.93. The van der Waals surface area contributed by atoms with E-state index in [0.717, 1.165) is 54.1 Å². The van der Waals surface area contributed by atoms with Gasteiger partial charge >= 0.3 is 0 Å². The van der Waals surface area contributed by atoms with Gasteiger partial charge in [-0.1, -0.05) is 23.7 Å². The zero-order valence-corrected chi connectivity index (χ0v) is 16.8. The highest BCUT2D eigenvalue weighted by Gasteiger charge is 2.31. The SMILES string of the molecule is Clc1ccc(CCNc2nccc(-c3ncc(N4CC(c5cn[nH]n5)C4)[nH]3)n2)cc1. The Hall–Kier alpha value is -3.46. The number of nitrogens with one attached hydrogen (secondary N) is 3. The molecule has 0 unspecified atom stereocenters. The fraction of sp³-hybridized carbons (Fsp3) is 0.250. The maximum absolute atomic E-state index is 5.93. The van der Waals surface area contributed by atoms with Crippen molar-refractivity contribution in [1.29, 1.82) is 0 Å². The van der Waals surface area contributed by atoms with E-state index < -0.39 is 0 Å². The maximum Gasteiger partial charge on any atom is 0.223 e. The molecule has 3 N–H and O–H groups in total. The summed E-state index contributed by atoms with van der Waals surface area (Å²) in [5.74, 6) is 2.67. The van der Waals surface area contributed by atoms with Crippen molar-refractivity contribution >= 4 is 23.4 Å². The summed E-state index contributed by atoms with van der Waals surface area (Å²) in [5.41, 5.74) is 2.95. The fourth-order valence-electron chi connectivity index (χ4n) is 3.42. The van der Waals surface area contributed by atoms with E-state index in [1.807, 2.05) is 36.5 Å². The number of nitrogens with zero attached hydrogens (tertiary/aromatic N) is 6. The molecular formula is C20H20ClN9. The summed E-state index contributed by atoms with van der Waals surface area (Å²) in [6.07, 6.45) is 6.21. The van der Waals surface area contributed by atoms with Crippen molar-refractivity contribution in [1.82, 2.24) is 35.3 Å². The second-order valence-corrected chi connectivity index (χ2v) is 7.62. The van der Waals surface area contributed by atoms with Crippen molar-refractivity contribution in [3.63, 3.8) is 0 Å². The van der Waals surface area contributed by atoms with Crippen LogP contribution in [-0.4, -0.2) is 55.0 Å². The van der Waals surface area contributed by atoms with Crippen molar-refractivity contribution in [2.45, 2.75) is 12.3 Å². The predicted molar refractivity (Wildman–Crippen MR) is 115 cm³/mol. The first-order chi connectivity index (χ1) is 14.7. The second kappa shape index (κ2) is 8.11. The normalized spacial score (nSPS) is 14.0. The number of aromatic amines is 2. The van der Waals surface area contributed by atoms with Gasteiger partial charge in [0.15, 0.2) is 5.82 Å². The van der Waals surface area contributed by atoms with E-state index in [1.54, 1.807) is 12.4 Å². The van der Waals surface area contributed by atoms with E-state index in [0.29, 0.717) is 11.9 Å². The Labute approximate surface area is 177 Å². The lowest BCUT2D eigenvalue weighted by Crippen LogP contribution is -2.45. The smallest absolute Gasteiger partial charge is 0.223 e. The molecule has 0 aliphatic carbocycles. The van der Waals surface area contributed by atoms with Crippen LogP contribution in [0.5, 0.6) is 0 Å². The van der Waals surface area contributed by atoms with Crippen molar-refractivity contribution in [3.8, 4) is 11.5 Å². The molecule has 4 aromatic rings. The van der Waals surface area contributed by atoms with E-state index in [4.69, 9.17) is 11.6 Å². The number of anilines is 2. The summed E-state index contributed by atoms with van der Waals surface area (Å²) in [5, 5.41) is 14.7. The number of hydrogen-bond donors (Lipinski definition) is 3. The molecule has 0 saturated carbocycles. The van der Waals surface area contributed by atoms with Crippen LogP contribution in [0.15, 0.2) is 48.9 Å². The average molecular weight is 422 g/mol. The molecule has 5 rings (SSSR count). The predicted octanol–water partition coefficient (Wildman–Crippen LogP) is 2.90. The fourth-order valence-corrected chi connectivity index (χ4v) is 3.54. The van der Waals surface area contributed by atoms with E-state index in [1.165, 1.54) is 5.56 Å². The Bertz CT molecular complexity index is 1100. The van der Waals surface area contributed by atoms with Crippen LogP contribution in [0.3, 0.4) is 0 Å². The molecule has 0 atom stereocenters. The molecule has 4 heterocycles. The molecule has 0 radical (unpaired) electrons. The third kappa shape index (κ3) is 3.97. The Balaban J connectivity index is 1.19. The van der Waals surface area contributed by atoms with Crippen LogP contribution in [0.4, 0.5) is 11.8 Å². The molecule has 30 heavy (non-hydrogen) atoms. The third-order valence-corrected chi connectivity index (χ3v) is 5.40. The van der Waals surface area contributed by atoms with E-state index in [-0.39, 0.29) is 0 Å². The first kappa shape index (κ1) is 18.6. The number of benzene rings is 1. The molecule has 1 aliphatic rings. The molecule has 0 bridgehead atoms. The minimum Gasteiger partial charge on any atom is -0.355 e. The Kier molecular flexibility index (Phi) is 5.02. The minimum atomic E-state index is 0.394. The van der Waals surface area contributed by atoms with Crippen LogP contribution < -0.4 is 10.2 Å². The summed E-state index contributed by atoms with van der Waals surface area (Å²) < 4.78 is 0. The number of halogens is 1. The van der Waals surface area contributed by atoms with Crippen LogP contribution in [0.25, 0.3) is 11.5 Å². The lowest BCUT2D eigenvalue weighted by molar-refractivity contribution is 0.509. The quantitative estimate of drug-likeness (QED) is 0.420. The maximum atomic E-state index is 5.93. The van der Waals surface area contributed by atoms with Gasteiger partial charge in [0.2, 0.25) is 5.95 Å². The zero-order chi connectivity index (χ0) is 20.3. The summed E-state index contributed by atoms with van der Waals surface area (Å²) in [6.45, 7) is 2.50. The van der Waals surface area contributed by atoms with Gasteiger partial charge in [0.25, 0.3) is 0 Å². The molecule has 0 amide bonds. The molecule has 9 nitrogen and oxygen atoms in total. The summed E-state index contributed by atoms with van der Waals surface area (Å²) in [6, 6.07) is 9.69. The molecule has 1 fully saturated rings. The second-order valence-electron chi connectivity index (χ2n) is 7.18. The van der Waals surface area contributed by atoms with Gasteiger partial charge < -0.3 is 15.2 Å². The van der Waals surface area contributed by atoms with E-state index >= 15 is 0 Å². The number of aromatic nitrogens is 7. The standard InChI is InChI=1S/C20H20ClN9/c21-15-3-1-13(2-4-15)5-7-22-20-23-8-6-16(26-20)19-24-10-18(27-19)30-11-14(12-30)17-9-25-29-28-17/h1-4,6,8-10,14H,5,7,11-12H2,(H,24,27)(H,22,23,26)(H,25,28,29). The topological polar surface area (TPSA) is 111 Å². The molecule has 152 valence electrons. The molecule has 1 aromatic carbocycles. The van der Waals surface area contributed by atoms with Gasteiger partial charge in [-0.25, -0.2) is 15.0 Å². The van der Waals surface area contributed by atoms with Gasteiger partial charge in [0, 0.05) is 36.8 Å². The van der Waals surface area contributed by atoms with Crippen molar-refractivity contribution < 1.29 is 0 Å². The zero-order valence-electron chi connectivity index (χ0n) is 16.1. The van der Waals surface area contributed by atoms with E-state index in [2.05, 4.69) is 45.6 Å². The van der Waals surface area contributed by atoms with Gasteiger partial charge in [0.1, 0.15) is 11.5 Å². The van der Waals surface area contributed by atoms with Gasteiger partial charge in [0.05, 0.1) is 18.1 Å². The van der Waals surface area contributed by atoms with Crippen molar-refractivity contribution in [2.75, 3.05) is 29.9 Å². The number of hydrogen-bond acceptors (Lipinski definition) is 7. The molecule has 3 aromatic heterocycles. The monoisotopic (exact) mass is 421 g/mol. The highest BCUT2D eigenvalue weighted by molar-refractivity contribution is 6.30. The van der Waals surface area contributed by atoms with Gasteiger partial charge in [-0.3, -0.25) is 0 Å². The molecule has 1 saturated heterocycles. The first-order valence-electron chi connectivity index (χ1n) is 9.72. The van der Waals surface area contributed by atoms with E-state index in [9.17, 15) is 0 Å². The highest BCUT2D eigenvalue weighted by Crippen LogP contribution is 2.30. The molecule has 0 spiro atoms. The lowest BCUT2D eigenvalue weighted by atomic mass is 9.97. The molecule has 1 aliphatic heterocycles.